The predicted octanol–water partition coefficient (Wildman–Crippen LogP) is 6.73. The largest absolute Gasteiger partial charge is 0.363 e. The Hall–Kier alpha value is -2.70. The second-order valence-electron chi connectivity index (χ2n) is 10.1. The quantitative estimate of drug-likeness (QED) is 0.202. The molecule has 0 aliphatic carbocycles. The van der Waals surface area contributed by atoms with Crippen molar-refractivity contribution >= 4 is 10.9 Å². The number of hydrogen-bond acceptors (Lipinski definition) is 2. The molecule has 0 amide bonds. The van der Waals surface area contributed by atoms with Crippen LogP contribution in [0.5, 0.6) is 0 Å². The number of benzene rings is 2. The average molecular weight is 482 g/mol. The smallest absolute Gasteiger partial charge is 0.194 e. The minimum atomic E-state index is -1.39. The SMILES string of the molecule is C=CCO[C@@H](c1ccnc2ccccc12)[C@H]1C[C@@H]2CC[N+]1(Cc1ccc(F)c(F)c1F)C[C@@H]2CC. The van der Waals surface area contributed by atoms with Gasteiger partial charge in [0.25, 0.3) is 0 Å². The first-order chi connectivity index (χ1) is 17.0. The minimum absolute atomic E-state index is 0.0508. The van der Waals surface area contributed by atoms with E-state index in [-0.39, 0.29) is 17.7 Å². The van der Waals surface area contributed by atoms with Gasteiger partial charge in [0.15, 0.2) is 17.5 Å². The number of hydrogen-bond donors (Lipinski definition) is 0. The molecule has 3 fully saturated rings. The van der Waals surface area contributed by atoms with Crippen molar-refractivity contribution in [2.75, 3.05) is 19.7 Å². The van der Waals surface area contributed by atoms with Crippen LogP contribution in [0.4, 0.5) is 13.2 Å². The van der Waals surface area contributed by atoms with Crippen molar-refractivity contribution in [1.82, 2.24) is 4.98 Å². The second-order valence-corrected chi connectivity index (χ2v) is 10.1. The summed E-state index contributed by atoms with van der Waals surface area (Å²) in [4.78, 5) is 4.53. The topological polar surface area (TPSA) is 22.1 Å². The van der Waals surface area contributed by atoms with Gasteiger partial charge in [-0.25, -0.2) is 13.2 Å². The van der Waals surface area contributed by atoms with Crippen molar-refractivity contribution < 1.29 is 22.4 Å². The van der Waals surface area contributed by atoms with Crippen LogP contribution in [0.15, 0.2) is 61.3 Å². The highest BCUT2D eigenvalue weighted by Crippen LogP contribution is 2.49. The highest BCUT2D eigenvalue weighted by molar-refractivity contribution is 5.82. The van der Waals surface area contributed by atoms with Gasteiger partial charge in [0.05, 0.1) is 25.2 Å². The van der Waals surface area contributed by atoms with E-state index in [0.717, 1.165) is 54.9 Å². The maximum Gasteiger partial charge on any atom is 0.194 e. The molecular formula is C29H32F3N2O+. The molecule has 3 saturated heterocycles. The standard InChI is InChI=1S/C29H32F3N2O/c1-3-15-35-29(23-11-13-33-25-8-6-5-7-22(23)25)26-16-20-12-14-34(26,17-19(20)4-2)18-21-9-10-24(30)28(32)27(21)31/h3,5-11,13,19-20,26,29H,1,4,12,14-18H2,2H3/q+1/t19-,20-,26+,29-,34?/m0/s1. The fourth-order valence-electron chi connectivity index (χ4n) is 6.62. The summed E-state index contributed by atoms with van der Waals surface area (Å²) < 4.78 is 49.9. The van der Waals surface area contributed by atoms with Crippen molar-refractivity contribution in [3.63, 3.8) is 0 Å². The van der Waals surface area contributed by atoms with Crippen LogP contribution < -0.4 is 0 Å². The Morgan fingerprint density at radius 3 is 2.77 bits per heavy atom. The zero-order valence-electron chi connectivity index (χ0n) is 20.1. The van der Waals surface area contributed by atoms with E-state index in [4.69, 9.17) is 4.74 Å². The van der Waals surface area contributed by atoms with E-state index in [2.05, 4.69) is 24.6 Å². The van der Waals surface area contributed by atoms with Crippen LogP contribution in [0.3, 0.4) is 0 Å². The van der Waals surface area contributed by atoms with Crippen LogP contribution in [0.2, 0.25) is 0 Å². The molecule has 3 aliphatic rings. The Morgan fingerprint density at radius 2 is 1.97 bits per heavy atom. The zero-order chi connectivity index (χ0) is 24.6. The number of pyridine rings is 1. The third-order valence-electron chi connectivity index (χ3n) is 8.31. The van der Waals surface area contributed by atoms with Crippen molar-refractivity contribution in [1.29, 1.82) is 0 Å². The minimum Gasteiger partial charge on any atom is -0.363 e. The molecule has 1 unspecified atom stereocenters. The van der Waals surface area contributed by atoms with E-state index in [1.54, 1.807) is 6.08 Å². The summed E-state index contributed by atoms with van der Waals surface area (Å²) in [5.41, 5.74) is 2.19. The molecule has 0 spiro atoms. The van der Waals surface area contributed by atoms with E-state index in [1.165, 1.54) is 6.07 Å². The first kappa shape index (κ1) is 24.0. The number of halogens is 3. The number of piperidine rings is 3. The number of fused-ring (bicyclic) bond motifs is 4. The van der Waals surface area contributed by atoms with Gasteiger partial charge in [0, 0.05) is 35.9 Å². The molecule has 2 aromatic carbocycles. The summed E-state index contributed by atoms with van der Waals surface area (Å²) in [6.45, 7) is 8.50. The molecule has 6 rings (SSSR count). The molecule has 3 aromatic rings. The molecule has 2 bridgehead atoms. The lowest BCUT2D eigenvalue weighted by Gasteiger charge is -2.59. The van der Waals surface area contributed by atoms with E-state index < -0.39 is 17.5 Å². The summed E-state index contributed by atoms with van der Waals surface area (Å²) in [5.74, 6) is -2.53. The van der Waals surface area contributed by atoms with Gasteiger partial charge in [-0.1, -0.05) is 31.2 Å². The zero-order valence-corrected chi connectivity index (χ0v) is 20.1. The van der Waals surface area contributed by atoms with E-state index in [9.17, 15) is 13.2 Å². The second kappa shape index (κ2) is 9.75. The van der Waals surface area contributed by atoms with Gasteiger partial charge < -0.3 is 9.22 Å². The molecule has 6 heteroatoms. The lowest BCUT2D eigenvalue weighted by molar-refractivity contribution is -0.986. The van der Waals surface area contributed by atoms with Gasteiger partial charge in [-0.2, -0.15) is 0 Å². The number of para-hydroxylation sites is 1. The molecule has 4 heterocycles. The highest BCUT2D eigenvalue weighted by atomic mass is 19.2. The number of ether oxygens (including phenoxy) is 1. The van der Waals surface area contributed by atoms with E-state index in [1.807, 2.05) is 30.5 Å². The van der Waals surface area contributed by atoms with Crippen molar-refractivity contribution in [3.8, 4) is 0 Å². The van der Waals surface area contributed by atoms with Gasteiger partial charge >= 0.3 is 0 Å². The van der Waals surface area contributed by atoms with Crippen LogP contribution in [-0.4, -0.2) is 35.2 Å². The number of nitrogens with zero attached hydrogens (tertiary/aromatic N) is 2. The first-order valence-corrected chi connectivity index (χ1v) is 12.5. The average Bonchev–Trinajstić information content (AvgIpc) is 2.89. The molecule has 3 nitrogen and oxygen atoms in total. The summed E-state index contributed by atoms with van der Waals surface area (Å²) in [7, 11) is 0. The van der Waals surface area contributed by atoms with Gasteiger partial charge in [0.1, 0.15) is 18.7 Å². The summed E-state index contributed by atoms with van der Waals surface area (Å²) in [6.07, 6.45) is 6.35. The van der Waals surface area contributed by atoms with E-state index >= 15 is 0 Å². The Morgan fingerprint density at radius 1 is 1.14 bits per heavy atom. The van der Waals surface area contributed by atoms with E-state index in [0.29, 0.717) is 29.5 Å². The Bertz CT molecular complexity index is 1230. The molecule has 3 aliphatic heterocycles. The Kier molecular flexibility index (Phi) is 6.69. The predicted molar refractivity (Wildman–Crippen MR) is 131 cm³/mol. The van der Waals surface area contributed by atoms with Gasteiger partial charge in [-0.15, -0.1) is 6.58 Å². The van der Waals surface area contributed by atoms with Crippen LogP contribution in [0, 0.1) is 29.3 Å². The highest BCUT2D eigenvalue weighted by Gasteiger charge is 2.55. The number of aromatic nitrogens is 1. The Balaban J connectivity index is 1.61. The molecule has 0 saturated carbocycles. The molecule has 184 valence electrons. The van der Waals surface area contributed by atoms with Crippen molar-refractivity contribution in [3.05, 3.63) is 89.9 Å². The van der Waals surface area contributed by atoms with Gasteiger partial charge in [-0.05, 0) is 42.2 Å². The van der Waals surface area contributed by atoms with Crippen molar-refractivity contribution in [2.24, 2.45) is 11.8 Å². The van der Waals surface area contributed by atoms with Crippen LogP contribution in [0.25, 0.3) is 10.9 Å². The monoisotopic (exact) mass is 481 g/mol. The molecule has 35 heavy (non-hydrogen) atoms. The number of rotatable bonds is 8. The summed E-state index contributed by atoms with van der Waals surface area (Å²) in [6, 6.07) is 12.5. The lowest BCUT2D eigenvalue weighted by atomic mass is 9.70. The molecule has 0 radical (unpaired) electrons. The van der Waals surface area contributed by atoms with Gasteiger partial charge in [0.2, 0.25) is 0 Å². The molecule has 1 aromatic heterocycles. The number of quaternary nitrogens is 1. The fourth-order valence-corrected chi connectivity index (χ4v) is 6.62. The maximum absolute atomic E-state index is 14.9. The first-order valence-electron chi connectivity index (χ1n) is 12.5. The maximum atomic E-state index is 14.9. The van der Waals surface area contributed by atoms with Gasteiger partial charge in [-0.3, -0.25) is 4.98 Å². The van der Waals surface area contributed by atoms with Crippen LogP contribution >= 0.6 is 0 Å². The van der Waals surface area contributed by atoms with Crippen LogP contribution in [-0.2, 0) is 11.3 Å². The molecule has 5 atom stereocenters. The Labute approximate surface area is 204 Å². The van der Waals surface area contributed by atoms with Crippen molar-refractivity contribution in [2.45, 2.75) is 44.9 Å². The fraction of sp³-hybridized carbons (Fsp3) is 0.414. The third kappa shape index (κ3) is 4.27. The van der Waals surface area contributed by atoms with Crippen LogP contribution in [0.1, 0.15) is 43.4 Å². The summed E-state index contributed by atoms with van der Waals surface area (Å²) >= 11 is 0. The normalized spacial score (nSPS) is 26.7. The third-order valence-corrected chi connectivity index (χ3v) is 8.31. The molecular weight excluding hydrogens is 449 g/mol. The summed E-state index contributed by atoms with van der Waals surface area (Å²) in [5, 5.41) is 1.04. The lowest BCUT2D eigenvalue weighted by Crippen LogP contribution is -2.68. The molecule has 0 N–H and O–H groups in total.